The van der Waals surface area contributed by atoms with Crippen LogP contribution in [0.15, 0.2) is 24.3 Å². The Hall–Kier alpha value is -1.11. The summed E-state index contributed by atoms with van der Waals surface area (Å²) in [4.78, 5) is 0. The van der Waals surface area contributed by atoms with Crippen molar-refractivity contribution in [1.82, 2.24) is 4.72 Å². The Kier molecular flexibility index (Phi) is 5.24. The smallest absolute Gasteiger partial charge is 0.211 e. The predicted octanol–water partition coefficient (Wildman–Crippen LogP) is 2.43. The molecule has 0 bridgehead atoms. The number of hydrogen-bond donors (Lipinski definition) is 1. The summed E-state index contributed by atoms with van der Waals surface area (Å²) in [5.74, 6) is 1.62. The van der Waals surface area contributed by atoms with E-state index in [1.165, 1.54) is 18.4 Å². The Balaban J connectivity index is 1.56. The second-order valence-corrected chi connectivity index (χ2v) is 8.38. The fourth-order valence-corrected chi connectivity index (χ4v) is 3.78. The average molecular weight is 339 g/mol. The molecule has 1 aromatic rings. The van der Waals surface area contributed by atoms with Crippen LogP contribution in [0.3, 0.4) is 0 Å². The summed E-state index contributed by atoms with van der Waals surface area (Å²) in [6.45, 7) is 2.65. The fraction of sp³-hybridized carbons (Fsp3) is 0.647. The topological polar surface area (TPSA) is 64.6 Å². The maximum absolute atomic E-state index is 11.8. The minimum atomic E-state index is -3.23. The van der Waals surface area contributed by atoms with Crippen molar-refractivity contribution in [3.63, 3.8) is 0 Å². The Morgan fingerprint density at radius 1 is 1.22 bits per heavy atom. The number of hydrogen-bond acceptors (Lipinski definition) is 4. The van der Waals surface area contributed by atoms with Gasteiger partial charge in [0.05, 0.1) is 11.8 Å². The number of benzene rings is 1. The monoisotopic (exact) mass is 339 g/mol. The van der Waals surface area contributed by atoms with Gasteiger partial charge in [0, 0.05) is 6.61 Å². The van der Waals surface area contributed by atoms with Crippen molar-refractivity contribution in [2.24, 2.45) is 0 Å². The first-order valence-electron chi connectivity index (χ1n) is 8.42. The molecule has 0 spiro atoms. The highest BCUT2D eigenvalue weighted by Crippen LogP contribution is 2.40. The zero-order valence-electron chi connectivity index (χ0n) is 13.5. The zero-order valence-corrected chi connectivity index (χ0v) is 14.3. The maximum atomic E-state index is 11.8. The van der Waals surface area contributed by atoms with Crippen molar-refractivity contribution >= 4 is 10.0 Å². The first kappa shape index (κ1) is 16.7. The van der Waals surface area contributed by atoms with Crippen LogP contribution in [-0.4, -0.2) is 39.5 Å². The van der Waals surface area contributed by atoms with Crippen LogP contribution in [0.1, 0.15) is 44.1 Å². The maximum Gasteiger partial charge on any atom is 0.211 e. The van der Waals surface area contributed by atoms with Gasteiger partial charge in [-0.3, -0.25) is 0 Å². The van der Waals surface area contributed by atoms with Crippen LogP contribution in [0.5, 0.6) is 5.75 Å². The zero-order chi connectivity index (χ0) is 16.3. The summed E-state index contributed by atoms with van der Waals surface area (Å²) >= 11 is 0. The van der Waals surface area contributed by atoms with E-state index >= 15 is 0 Å². The van der Waals surface area contributed by atoms with Gasteiger partial charge in [0.25, 0.3) is 0 Å². The molecule has 3 rings (SSSR count). The molecule has 23 heavy (non-hydrogen) atoms. The van der Waals surface area contributed by atoms with E-state index in [0.29, 0.717) is 13.2 Å². The minimum absolute atomic E-state index is 0.0830. The Morgan fingerprint density at radius 2 is 1.96 bits per heavy atom. The molecule has 2 fully saturated rings. The second kappa shape index (κ2) is 7.20. The number of rotatable bonds is 7. The molecule has 0 unspecified atom stereocenters. The SMILES string of the molecule is CCS(=O)(=O)N[C@@H]1CCCO[C@@H]1COc1ccc(C2CC2)cc1. The number of nitrogens with one attached hydrogen (secondary N) is 1. The van der Waals surface area contributed by atoms with Crippen LogP contribution in [0.25, 0.3) is 0 Å². The van der Waals surface area contributed by atoms with E-state index in [9.17, 15) is 8.42 Å². The van der Waals surface area contributed by atoms with E-state index < -0.39 is 10.0 Å². The van der Waals surface area contributed by atoms with Gasteiger partial charge in [-0.2, -0.15) is 0 Å². The lowest BCUT2D eigenvalue weighted by molar-refractivity contribution is -0.0279. The standard InChI is InChI=1S/C17H25NO4S/c1-2-23(19,20)18-16-4-3-11-21-17(16)12-22-15-9-7-14(8-10-15)13-5-6-13/h7-10,13,16-18H,2-6,11-12H2,1H3/t16-,17-/m1/s1. The van der Waals surface area contributed by atoms with Crippen LogP contribution in [0.2, 0.25) is 0 Å². The van der Waals surface area contributed by atoms with E-state index in [1.54, 1.807) is 6.92 Å². The largest absolute Gasteiger partial charge is 0.491 e. The molecule has 1 aliphatic carbocycles. The first-order chi connectivity index (χ1) is 11.1. The highest BCUT2D eigenvalue weighted by molar-refractivity contribution is 7.89. The van der Waals surface area contributed by atoms with Crippen LogP contribution in [0.4, 0.5) is 0 Å². The third-order valence-corrected chi connectivity index (χ3v) is 5.92. The van der Waals surface area contributed by atoms with Gasteiger partial charge in [0.2, 0.25) is 10.0 Å². The number of sulfonamides is 1. The van der Waals surface area contributed by atoms with E-state index in [2.05, 4.69) is 16.9 Å². The molecule has 1 N–H and O–H groups in total. The van der Waals surface area contributed by atoms with Crippen molar-refractivity contribution in [2.75, 3.05) is 19.0 Å². The molecular weight excluding hydrogens is 314 g/mol. The molecule has 5 nitrogen and oxygen atoms in total. The Morgan fingerprint density at radius 3 is 2.61 bits per heavy atom. The molecule has 128 valence electrons. The highest BCUT2D eigenvalue weighted by Gasteiger charge is 2.29. The van der Waals surface area contributed by atoms with E-state index in [-0.39, 0.29) is 17.9 Å². The van der Waals surface area contributed by atoms with Crippen LogP contribution < -0.4 is 9.46 Å². The Labute approximate surface area is 138 Å². The molecule has 0 radical (unpaired) electrons. The first-order valence-corrected chi connectivity index (χ1v) is 10.1. The molecule has 1 saturated carbocycles. The summed E-state index contributed by atoms with van der Waals surface area (Å²) in [5, 5.41) is 0. The predicted molar refractivity (Wildman–Crippen MR) is 89.3 cm³/mol. The normalized spacial score (nSPS) is 25.3. The van der Waals surface area contributed by atoms with Gasteiger partial charge in [-0.05, 0) is 56.2 Å². The lowest BCUT2D eigenvalue weighted by Crippen LogP contribution is -2.49. The van der Waals surface area contributed by atoms with E-state index in [0.717, 1.165) is 24.5 Å². The van der Waals surface area contributed by atoms with Gasteiger partial charge in [-0.25, -0.2) is 13.1 Å². The van der Waals surface area contributed by atoms with Crippen molar-refractivity contribution in [1.29, 1.82) is 0 Å². The van der Waals surface area contributed by atoms with Crippen molar-refractivity contribution < 1.29 is 17.9 Å². The number of ether oxygens (including phenoxy) is 2. The second-order valence-electron chi connectivity index (χ2n) is 6.33. The molecule has 0 amide bonds. The van der Waals surface area contributed by atoms with Crippen molar-refractivity contribution in [3.05, 3.63) is 29.8 Å². The third kappa shape index (κ3) is 4.68. The molecule has 1 aliphatic heterocycles. The summed E-state index contributed by atoms with van der Waals surface area (Å²) < 4.78 is 37.8. The molecule has 1 heterocycles. The summed E-state index contributed by atoms with van der Waals surface area (Å²) in [6.07, 6.45) is 3.98. The average Bonchev–Trinajstić information content (AvgIpc) is 3.39. The van der Waals surface area contributed by atoms with Gasteiger partial charge in [-0.15, -0.1) is 0 Å². The summed E-state index contributed by atoms with van der Waals surface area (Å²) in [5.41, 5.74) is 1.37. The molecular formula is C17H25NO4S. The van der Waals surface area contributed by atoms with Gasteiger partial charge in [0.1, 0.15) is 18.5 Å². The van der Waals surface area contributed by atoms with Crippen molar-refractivity contribution in [2.45, 2.75) is 50.7 Å². The molecule has 0 aromatic heterocycles. The minimum Gasteiger partial charge on any atom is -0.491 e. The quantitative estimate of drug-likeness (QED) is 0.829. The van der Waals surface area contributed by atoms with Gasteiger partial charge in [0.15, 0.2) is 0 Å². The van der Waals surface area contributed by atoms with Crippen molar-refractivity contribution in [3.8, 4) is 5.75 Å². The molecule has 6 heteroatoms. The lowest BCUT2D eigenvalue weighted by Gasteiger charge is -2.31. The van der Waals surface area contributed by atoms with Gasteiger partial charge < -0.3 is 9.47 Å². The molecule has 1 aromatic carbocycles. The van der Waals surface area contributed by atoms with Gasteiger partial charge >= 0.3 is 0 Å². The molecule has 2 aliphatic rings. The van der Waals surface area contributed by atoms with Crippen LogP contribution in [-0.2, 0) is 14.8 Å². The van der Waals surface area contributed by atoms with Crippen LogP contribution >= 0.6 is 0 Å². The highest BCUT2D eigenvalue weighted by atomic mass is 32.2. The summed E-state index contributed by atoms with van der Waals surface area (Å²) in [6, 6.07) is 8.00. The van der Waals surface area contributed by atoms with E-state index in [1.807, 2.05) is 12.1 Å². The Bertz CT molecular complexity index is 610. The molecule has 1 saturated heterocycles. The molecule has 2 atom stereocenters. The van der Waals surface area contributed by atoms with Crippen LogP contribution in [0, 0.1) is 0 Å². The van der Waals surface area contributed by atoms with E-state index in [4.69, 9.17) is 9.47 Å². The summed E-state index contributed by atoms with van der Waals surface area (Å²) in [7, 11) is -3.23. The third-order valence-electron chi connectivity index (χ3n) is 4.49. The lowest BCUT2D eigenvalue weighted by atomic mass is 10.0. The fourth-order valence-electron chi connectivity index (χ4n) is 2.88. The van der Waals surface area contributed by atoms with Gasteiger partial charge in [-0.1, -0.05) is 12.1 Å².